The number of nitrogens with zero attached hydrogens (tertiary/aromatic N) is 3. The van der Waals surface area contributed by atoms with E-state index in [1.165, 1.54) is 16.1 Å². The van der Waals surface area contributed by atoms with Crippen molar-refractivity contribution in [2.24, 2.45) is 0 Å². The normalized spacial score (nSPS) is 18.9. The summed E-state index contributed by atoms with van der Waals surface area (Å²) < 4.78 is 24.5. The summed E-state index contributed by atoms with van der Waals surface area (Å²) in [7, 11) is -1.40. The first-order valence-electron chi connectivity index (χ1n) is 6.51. The molecule has 1 aromatic rings. The van der Waals surface area contributed by atoms with Crippen LogP contribution in [0.5, 0.6) is 0 Å². The van der Waals surface area contributed by atoms with Gasteiger partial charge in [0.2, 0.25) is 10.0 Å². The van der Waals surface area contributed by atoms with Crippen molar-refractivity contribution in [3.05, 3.63) is 30.1 Å². The number of aromatic nitrogens is 1. The maximum absolute atomic E-state index is 11.5. The van der Waals surface area contributed by atoms with Gasteiger partial charge in [-0.2, -0.15) is 0 Å². The SMILES string of the molecule is CN(C1CCN(Cc2cccnc2)CC1)S(C)(=O)=O. The zero-order valence-corrected chi connectivity index (χ0v) is 12.3. The standard InChI is InChI=1S/C13H21N3O2S/c1-15(19(2,17)18)13-5-8-16(9-6-13)11-12-4-3-7-14-10-12/h3-4,7,10,13H,5-6,8-9,11H2,1-2H3. The molecule has 0 amide bonds. The lowest BCUT2D eigenvalue weighted by molar-refractivity contribution is 0.164. The molecule has 106 valence electrons. The second kappa shape index (κ2) is 5.98. The van der Waals surface area contributed by atoms with E-state index in [1.54, 1.807) is 13.2 Å². The Kier molecular flexibility index (Phi) is 4.54. The highest BCUT2D eigenvalue weighted by molar-refractivity contribution is 7.88. The summed E-state index contributed by atoms with van der Waals surface area (Å²) in [4.78, 5) is 6.46. The Labute approximate surface area is 115 Å². The number of hydrogen-bond acceptors (Lipinski definition) is 4. The molecule has 1 fully saturated rings. The zero-order valence-electron chi connectivity index (χ0n) is 11.5. The number of rotatable bonds is 4. The predicted octanol–water partition coefficient (Wildman–Crippen LogP) is 0.937. The molecule has 2 rings (SSSR count). The minimum Gasteiger partial charge on any atom is -0.299 e. The van der Waals surface area contributed by atoms with Crippen LogP contribution in [0.2, 0.25) is 0 Å². The van der Waals surface area contributed by atoms with Gasteiger partial charge in [0.1, 0.15) is 0 Å². The Morgan fingerprint density at radius 3 is 2.63 bits per heavy atom. The maximum atomic E-state index is 11.5. The van der Waals surface area contributed by atoms with E-state index in [-0.39, 0.29) is 6.04 Å². The van der Waals surface area contributed by atoms with Gasteiger partial charge in [-0.25, -0.2) is 12.7 Å². The lowest BCUT2D eigenvalue weighted by atomic mass is 10.0. The zero-order chi connectivity index (χ0) is 13.9. The van der Waals surface area contributed by atoms with Crippen LogP contribution in [0.15, 0.2) is 24.5 Å². The van der Waals surface area contributed by atoms with Gasteiger partial charge in [-0.1, -0.05) is 6.07 Å². The van der Waals surface area contributed by atoms with Gasteiger partial charge >= 0.3 is 0 Å². The van der Waals surface area contributed by atoms with Gasteiger partial charge in [-0.3, -0.25) is 9.88 Å². The monoisotopic (exact) mass is 283 g/mol. The molecule has 5 nitrogen and oxygen atoms in total. The molecule has 1 aliphatic rings. The Morgan fingerprint density at radius 2 is 2.11 bits per heavy atom. The van der Waals surface area contributed by atoms with Gasteiger partial charge in [0.15, 0.2) is 0 Å². The second-order valence-electron chi connectivity index (χ2n) is 5.15. The van der Waals surface area contributed by atoms with Crippen LogP contribution in [0.3, 0.4) is 0 Å². The van der Waals surface area contributed by atoms with Gasteiger partial charge in [0, 0.05) is 45.1 Å². The van der Waals surface area contributed by atoms with Crippen LogP contribution in [-0.2, 0) is 16.6 Å². The topological polar surface area (TPSA) is 53.5 Å². The molecule has 1 aliphatic heterocycles. The van der Waals surface area contributed by atoms with E-state index < -0.39 is 10.0 Å². The number of hydrogen-bond donors (Lipinski definition) is 0. The first-order valence-corrected chi connectivity index (χ1v) is 8.36. The van der Waals surface area contributed by atoms with Gasteiger partial charge in [0.25, 0.3) is 0 Å². The number of sulfonamides is 1. The molecule has 0 spiro atoms. The largest absolute Gasteiger partial charge is 0.299 e. The summed E-state index contributed by atoms with van der Waals surface area (Å²) in [6.45, 7) is 2.75. The van der Waals surface area contributed by atoms with Crippen molar-refractivity contribution in [1.82, 2.24) is 14.2 Å². The highest BCUT2D eigenvalue weighted by Crippen LogP contribution is 2.18. The summed E-state index contributed by atoms with van der Waals surface area (Å²) in [5, 5.41) is 0. The van der Waals surface area contributed by atoms with Gasteiger partial charge in [-0.15, -0.1) is 0 Å². The Balaban J connectivity index is 1.86. The second-order valence-corrected chi connectivity index (χ2v) is 7.19. The molecule has 19 heavy (non-hydrogen) atoms. The average molecular weight is 283 g/mol. The molecule has 2 heterocycles. The van der Waals surface area contributed by atoms with Crippen LogP contribution >= 0.6 is 0 Å². The van der Waals surface area contributed by atoms with E-state index in [4.69, 9.17) is 0 Å². The maximum Gasteiger partial charge on any atom is 0.211 e. The van der Waals surface area contributed by atoms with Crippen molar-refractivity contribution in [2.45, 2.75) is 25.4 Å². The number of likely N-dealkylation sites (tertiary alicyclic amines) is 1. The lowest BCUT2D eigenvalue weighted by Crippen LogP contribution is -2.44. The highest BCUT2D eigenvalue weighted by Gasteiger charge is 2.26. The third-order valence-electron chi connectivity index (χ3n) is 3.72. The fourth-order valence-corrected chi connectivity index (χ4v) is 3.21. The van der Waals surface area contributed by atoms with E-state index in [2.05, 4.69) is 16.0 Å². The fourth-order valence-electron chi connectivity index (χ4n) is 2.46. The summed E-state index contributed by atoms with van der Waals surface area (Å²) in [6, 6.07) is 4.15. The van der Waals surface area contributed by atoms with Gasteiger partial charge in [0.05, 0.1) is 6.26 Å². The van der Waals surface area contributed by atoms with Crippen molar-refractivity contribution in [3.63, 3.8) is 0 Å². The summed E-state index contributed by atoms with van der Waals surface area (Å²) in [5.41, 5.74) is 1.21. The van der Waals surface area contributed by atoms with Crippen LogP contribution in [-0.4, -0.2) is 55.0 Å². The third-order valence-corrected chi connectivity index (χ3v) is 5.07. The van der Waals surface area contributed by atoms with E-state index in [0.717, 1.165) is 32.5 Å². The molecule has 0 aliphatic carbocycles. The minimum absolute atomic E-state index is 0.139. The molecule has 0 unspecified atom stereocenters. The molecule has 0 N–H and O–H groups in total. The molecule has 0 atom stereocenters. The number of piperidine rings is 1. The van der Waals surface area contributed by atoms with Crippen LogP contribution in [0.1, 0.15) is 18.4 Å². The quantitative estimate of drug-likeness (QED) is 0.825. The van der Waals surface area contributed by atoms with Crippen LogP contribution in [0.4, 0.5) is 0 Å². The van der Waals surface area contributed by atoms with Crippen LogP contribution < -0.4 is 0 Å². The minimum atomic E-state index is -3.07. The molecule has 6 heteroatoms. The first kappa shape index (κ1) is 14.4. The molecule has 0 bridgehead atoms. The summed E-state index contributed by atoms with van der Waals surface area (Å²) in [6.07, 6.45) is 6.72. The Hall–Kier alpha value is -0.980. The van der Waals surface area contributed by atoms with Crippen molar-refractivity contribution in [3.8, 4) is 0 Å². The molecular formula is C13H21N3O2S. The van der Waals surface area contributed by atoms with E-state index in [1.807, 2.05) is 12.3 Å². The number of pyridine rings is 1. The third kappa shape index (κ3) is 3.99. The van der Waals surface area contributed by atoms with Crippen molar-refractivity contribution in [2.75, 3.05) is 26.4 Å². The van der Waals surface area contributed by atoms with E-state index >= 15 is 0 Å². The van der Waals surface area contributed by atoms with Crippen molar-refractivity contribution >= 4 is 10.0 Å². The highest BCUT2D eigenvalue weighted by atomic mass is 32.2. The molecule has 1 saturated heterocycles. The smallest absolute Gasteiger partial charge is 0.211 e. The first-order chi connectivity index (χ1) is 8.97. The Bertz CT molecular complexity index is 496. The molecule has 0 radical (unpaired) electrons. The molecule has 0 saturated carbocycles. The fraction of sp³-hybridized carbons (Fsp3) is 0.615. The van der Waals surface area contributed by atoms with Crippen LogP contribution in [0, 0.1) is 0 Å². The van der Waals surface area contributed by atoms with Gasteiger partial charge < -0.3 is 0 Å². The van der Waals surface area contributed by atoms with E-state index in [0.29, 0.717) is 0 Å². The van der Waals surface area contributed by atoms with E-state index in [9.17, 15) is 8.42 Å². The summed E-state index contributed by atoms with van der Waals surface area (Å²) in [5.74, 6) is 0. The lowest BCUT2D eigenvalue weighted by Gasteiger charge is -2.35. The molecular weight excluding hydrogens is 262 g/mol. The Morgan fingerprint density at radius 1 is 1.42 bits per heavy atom. The summed E-state index contributed by atoms with van der Waals surface area (Å²) >= 11 is 0. The van der Waals surface area contributed by atoms with Crippen molar-refractivity contribution < 1.29 is 8.42 Å². The van der Waals surface area contributed by atoms with Crippen molar-refractivity contribution in [1.29, 1.82) is 0 Å². The predicted molar refractivity (Wildman–Crippen MR) is 75.1 cm³/mol. The molecule has 0 aromatic carbocycles. The van der Waals surface area contributed by atoms with Crippen LogP contribution in [0.25, 0.3) is 0 Å². The molecule has 1 aromatic heterocycles. The van der Waals surface area contributed by atoms with Gasteiger partial charge in [-0.05, 0) is 24.5 Å². The average Bonchev–Trinajstić information content (AvgIpc) is 2.39.